The summed E-state index contributed by atoms with van der Waals surface area (Å²) in [5.41, 5.74) is 0. The molecule has 3 heteroatoms. The Morgan fingerprint density at radius 3 is 2.00 bits per heavy atom. The Morgan fingerprint density at radius 1 is 0.864 bits per heavy atom. The molecule has 0 saturated heterocycles. The first-order valence-electron chi connectivity index (χ1n) is 9.81. The van der Waals surface area contributed by atoms with Gasteiger partial charge in [0.15, 0.2) is 0 Å². The van der Waals surface area contributed by atoms with E-state index in [4.69, 9.17) is 0 Å². The molecule has 0 unspecified atom stereocenters. The number of hydrogen-bond acceptors (Lipinski definition) is 1. The number of nitrogens with one attached hydrogen (secondary N) is 1. The summed E-state index contributed by atoms with van der Waals surface area (Å²) in [6.07, 6.45) is 19.3. The molecule has 0 bridgehead atoms. The second-order valence-electron chi connectivity index (χ2n) is 6.83. The number of carbonyl (C=O) groups excluding carboxylic acids is 1. The van der Waals surface area contributed by atoms with E-state index in [-0.39, 0.29) is 6.03 Å². The van der Waals surface area contributed by atoms with Gasteiger partial charge in [0.2, 0.25) is 0 Å². The zero-order valence-corrected chi connectivity index (χ0v) is 14.7. The number of rotatable bonds is 12. The summed E-state index contributed by atoms with van der Waals surface area (Å²) in [6, 6.07) is 0.212. The van der Waals surface area contributed by atoms with Crippen LogP contribution in [0.25, 0.3) is 0 Å². The second kappa shape index (κ2) is 13.9. The van der Waals surface area contributed by atoms with Crippen molar-refractivity contribution in [1.82, 2.24) is 10.6 Å². The lowest BCUT2D eigenvalue weighted by Crippen LogP contribution is -2.37. The molecule has 1 N–H and O–H groups in total. The van der Waals surface area contributed by atoms with Crippen LogP contribution in [0.4, 0.5) is 4.79 Å². The highest BCUT2D eigenvalue weighted by Crippen LogP contribution is 2.18. The smallest absolute Gasteiger partial charge is 0.336 e. The number of nitrogens with zero attached hydrogens (tertiary/aromatic N) is 1. The molecule has 1 rings (SSSR count). The van der Waals surface area contributed by atoms with Gasteiger partial charge in [0, 0.05) is 6.54 Å². The summed E-state index contributed by atoms with van der Waals surface area (Å²) in [4.78, 5) is 11.7. The predicted octanol–water partition coefficient (Wildman–Crippen LogP) is 5.55. The Balaban J connectivity index is 1.79. The van der Waals surface area contributed by atoms with Gasteiger partial charge in [-0.2, -0.15) is 0 Å². The molecule has 0 aliphatic heterocycles. The largest absolute Gasteiger partial charge is 0.337 e. The minimum Gasteiger partial charge on any atom is -0.337 e. The minimum absolute atomic E-state index is 0.0807. The molecule has 0 aromatic rings. The summed E-state index contributed by atoms with van der Waals surface area (Å²) in [6.45, 7) is 3.06. The zero-order valence-electron chi connectivity index (χ0n) is 14.7. The molecule has 0 spiro atoms. The molecule has 1 aliphatic carbocycles. The highest BCUT2D eigenvalue weighted by Gasteiger charge is 2.16. The molecule has 22 heavy (non-hydrogen) atoms. The Labute approximate surface area is 138 Å². The van der Waals surface area contributed by atoms with E-state index in [1.165, 1.54) is 77.0 Å². The van der Waals surface area contributed by atoms with Crippen molar-refractivity contribution >= 4 is 6.03 Å². The van der Waals surface area contributed by atoms with Crippen LogP contribution in [0.1, 0.15) is 103 Å². The van der Waals surface area contributed by atoms with Crippen LogP contribution in [0.15, 0.2) is 0 Å². The van der Waals surface area contributed by atoms with Crippen LogP contribution in [0.2, 0.25) is 0 Å². The summed E-state index contributed by atoms with van der Waals surface area (Å²) < 4.78 is 0. The van der Waals surface area contributed by atoms with Gasteiger partial charge < -0.3 is 5.32 Å². The van der Waals surface area contributed by atoms with Crippen molar-refractivity contribution in [2.24, 2.45) is 0 Å². The number of hydrogen-bond donors (Lipinski definition) is 1. The van der Waals surface area contributed by atoms with Crippen molar-refractivity contribution in [3.8, 4) is 0 Å². The quantitative estimate of drug-likeness (QED) is 0.472. The van der Waals surface area contributed by atoms with Gasteiger partial charge in [0.05, 0.1) is 6.04 Å². The third-order valence-electron chi connectivity index (χ3n) is 4.68. The van der Waals surface area contributed by atoms with Gasteiger partial charge in [0.25, 0.3) is 0 Å². The Morgan fingerprint density at radius 2 is 1.41 bits per heavy atom. The van der Waals surface area contributed by atoms with E-state index in [1.54, 1.807) is 0 Å². The summed E-state index contributed by atoms with van der Waals surface area (Å²) in [7, 11) is 0. The third-order valence-corrected chi connectivity index (χ3v) is 4.68. The van der Waals surface area contributed by atoms with E-state index in [0.29, 0.717) is 6.04 Å². The van der Waals surface area contributed by atoms with Crippen molar-refractivity contribution in [3.63, 3.8) is 0 Å². The predicted molar refractivity (Wildman–Crippen MR) is 94.2 cm³/mol. The fourth-order valence-electron chi connectivity index (χ4n) is 3.23. The van der Waals surface area contributed by atoms with Crippen LogP contribution in [0, 0.1) is 0 Å². The van der Waals surface area contributed by atoms with Crippen LogP contribution in [0.5, 0.6) is 0 Å². The highest BCUT2D eigenvalue weighted by molar-refractivity contribution is 5.73. The standard InChI is InChI=1S/C19H37N2O/c1-2-3-4-5-6-7-8-9-10-14-17-20-19(22)21-18-15-12-11-13-16-18/h18H,2-17H2,1H3,(H,20,22). The van der Waals surface area contributed by atoms with Gasteiger partial charge in [-0.15, -0.1) is 0 Å². The molecule has 1 aliphatic rings. The van der Waals surface area contributed by atoms with Gasteiger partial charge in [-0.05, 0) is 19.3 Å². The lowest BCUT2D eigenvalue weighted by atomic mass is 9.96. The van der Waals surface area contributed by atoms with Gasteiger partial charge in [-0.3, -0.25) is 0 Å². The molecule has 2 amide bonds. The number of urea groups is 1. The van der Waals surface area contributed by atoms with E-state index in [9.17, 15) is 4.79 Å². The van der Waals surface area contributed by atoms with Crippen LogP contribution in [-0.4, -0.2) is 18.6 Å². The lowest BCUT2D eigenvalue weighted by molar-refractivity contribution is 0.231. The molecule has 0 aromatic heterocycles. The van der Waals surface area contributed by atoms with Gasteiger partial charge in [0.1, 0.15) is 0 Å². The molecule has 0 atom stereocenters. The fourth-order valence-corrected chi connectivity index (χ4v) is 3.23. The minimum atomic E-state index is -0.0807. The number of carbonyl (C=O) groups is 1. The molecule has 1 radical (unpaired) electrons. The molecule has 1 fully saturated rings. The number of unbranched alkanes of at least 4 members (excludes halogenated alkanes) is 9. The van der Waals surface area contributed by atoms with Crippen LogP contribution >= 0.6 is 0 Å². The van der Waals surface area contributed by atoms with E-state index in [2.05, 4.69) is 17.6 Å². The Hall–Kier alpha value is -0.730. The average Bonchev–Trinajstić information content (AvgIpc) is 2.53. The molecule has 129 valence electrons. The van der Waals surface area contributed by atoms with Gasteiger partial charge >= 0.3 is 6.03 Å². The monoisotopic (exact) mass is 309 g/mol. The van der Waals surface area contributed by atoms with Crippen LogP contribution in [-0.2, 0) is 0 Å². The summed E-state index contributed by atoms with van der Waals surface area (Å²) >= 11 is 0. The fraction of sp³-hybridized carbons (Fsp3) is 0.947. The molecule has 1 saturated carbocycles. The average molecular weight is 310 g/mol. The van der Waals surface area contributed by atoms with E-state index < -0.39 is 0 Å². The first-order chi connectivity index (χ1) is 10.8. The number of amides is 2. The van der Waals surface area contributed by atoms with Crippen molar-refractivity contribution < 1.29 is 4.79 Å². The van der Waals surface area contributed by atoms with Gasteiger partial charge in [-0.1, -0.05) is 84.0 Å². The van der Waals surface area contributed by atoms with Crippen LogP contribution < -0.4 is 10.6 Å². The second-order valence-corrected chi connectivity index (χ2v) is 6.83. The molecular formula is C19H37N2O. The van der Waals surface area contributed by atoms with Crippen molar-refractivity contribution in [3.05, 3.63) is 0 Å². The highest BCUT2D eigenvalue weighted by atomic mass is 16.2. The maximum atomic E-state index is 11.7. The molecule has 3 nitrogen and oxygen atoms in total. The van der Waals surface area contributed by atoms with E-state index in [1.807, 2.05) is 0 Å². The molecular weight excluding hydrogens is 272 g/mol. The van der Waals surface area contributed by atoms with Crippen LogP contribution in [0.3, 0.4) is 0 Å². The van der Waals surface area contributed by atoms with E-state index >= 15 is 0 Å². The topological polar surface area (TPSA) is 43.2 Å². The Bertz CT molecular complexity index is 262. The summed E-state index contributed by atoms with van der Waals surface area (Å²) in [5.74, 6) is 0. The summed E-state index contributed by atoms with van der Waals surface area (Å²) in [5, 5.41) is 7.22. The first-order valence-corrected chi connectivity index (χ1v) is 9.81. The molecule has 0 aromatic carbocycles. The maximum Gasteiger partial charge on any atom is 0.336 e. The van der Waals surface area contributed by atoms with Crippen molar-refractivity contribution in [1.29, 1.82) is 0 Å². The SMILES string of the molecule is CCCCCCCCCCCCNC(=O)[N]C1CCCCC1. The lowest BCUT2D eigenvalue weighted by Gasteiger charge is -2.20. The molecule has 0 heterocycles. The maximum absolute atomic E-state index is 11.7. The van der Waals surface area contributed by atoms with Crippen molar-refractivity contribution in [2.45, 2.75) is 109 Å². The Kier molecular flexibility index (Phi) is 12.2. The normalized spacial score (nSPS) is 15.7. The third kappa shape index (κ3) is 10.9. The van der Waals surface area contributed by atoms with Crippen molar-refractivity contribution in [2.75, 3.05) is 6.54 Å². The zero-order chi connectivity index (χ0) is 15.9. The first kappa shape index (κ1) is 19.3. The van der Waals surface area contributed by atoms with E-state index in [0.717, 1.165) is 25.8 Å². The van der Waals surface area contributed by atoms with Gasteiger partial charge in [-0.25, -0.2) is 10.1 Å².